The summed E-state index contributed by atoms with van der Waals surface area (Å²) in [6, 6.07) is 0.848. The maximum atomic E-state index is 5.39. The van der Waals surface area contributed by atoms with Gasteiger partial charge in [0.25, 0.3) is 0 Å². The zero-order chi connectivity index (χ0) is 14.8. The maximum absolute atomic E-state index is 5.39. The molecule has 1 atom stereocenters. The predicted octanol–water partition coefficient (Wildman–Crippen LogP) is 0.142. The van der Waals surface area contributed by atoms with Gasteiger partial charge in [-0.15, -0.1) is 0 Å². The molecule has 0 aromatic carbocycles. The lowest BCUT2D eigenvalue weighted by molar-refractivity contribution is 0.122. The fourth-order valence-electron chi connectivity index (χ4n) is 2.31. The Morgan fingerprint density at radius 2 is 1.85 bits per heavy atom. The molecule has 8 heteroatoms. The molecule has 6 nitrogen and oxygen atoms in total. The normalized spacial score (nSPS) is 20.1. The third-order valence-electron chi connectivity index (χ3n) is 3.73. The fourth-order valence-corrected chi connectivity index (χ4v) is 4.96. The third-order valence-corrected chi connectivity index (χ3v) is 7.72. The lowest BCUT2D eigenvalue weighted by Gasteiger charge is -2.39. The van der Waals surface area contributed by atoms with Crippen LogP contribution in [0.4, 0.5) is 0 Å². The van der Waals surface area contributed by atoms with E-state index in [-0.39, 0.29) is 0 Å². The second-order valence-electron chi connectivity index (χ2n) is 4.81. The van der Waals surface area contributed by atoms with Crippen LogP contribution >= 0.6 is 0 Å². The van der Waals surface area contributed by atoms with E-state index in [1.165, 1.54) is 13.0 Å². The molecule has 1 fully saturated rings. The molecule has 0 spiro atoms. The van der Waals surface area contributed by atoms with E-state index >= 15 is 0 Å². The summed E-state index contributed by atoms with van der Waals surface area (Å²) in [5.41, 5.74) is 0.650. The summed E-state index contributed by atoms with van der Waals surface area (Å²) in [5, 5.41) is 3.47. The monoisotopic (exact) mass is 320 g/mol. The molecule has 1 aliphatic rings. The molecule has 0 aromatic rings. The molecular weight excluding hydrogens is 292 g/mol. The average Bonchev–Trinajstić information content (AvgIpc) is 2.47. The van der Waals surface area contributed by atoms with Gasteiger partial charge in [-0.2, -0.15) is 0 Å². The first-order valence-electron chi connectivity index (χ1n) is 7.10. The van der Waals surface area contributed by atoms with Gasteiger partial charge in [0.05, 0.1) is 0 Å². The Morgan fingerprint density at radius 3 is 2.35 bits per heavy atom. The van der Waals surface area contributed by atoms with Gasteiger partial charge in [0.15, 0.2) is 0 Å². The lowest BCUT2D eigenvalue weighted by Crippen LogP contribution is -2.53. The summed E-state index contributed by atoms with van der Waals surface area (Å²) in [7, 11) is 4.99. The van der Waals surface area contributed by atoms with Gasteiger partial charge in [-0.1, -0.05) is 0 Å². The summed E-state index contributed by atoms with van der Waals surface area (Å²) in [6.45, 7) is 4.29. The molecule has 1 saturated heterocycles. The quantitative estimate of drug-likeness (QED) is 0.408. The Bertz CT molecular complexity index is 249. The Kier molecular flexibility index (Phi) is 9.13. The smallest absolute Gasteiger partial charge is 0.419 e. The standard InChI is InChI=1S/C12H28N2O4Si2/c1-15-19-12-6-9-14(12)10-8-13-7-5-11-20(16-2,17-3)18-4/h12-13H,5-11H2,1-4H3. The number of hydrogen-bond acceptors (Lipinski definition) is 6. The predicted molar refractivity (Wildman–Crippen MR) is 81.8 cm³/mol. The summed E-state index contributed by atoms with van der Waals surface area (Å²) in [4.78, 5) is 2.48. The van der Waals surface area contributed by atoms with Crippen molar-refractivity contribution in [2.75, 3.05) is 54.6 Å². The molecule has 1 aliphatic heterocycles. The molecule has 1 rings (SSSR count). The highest BCUT2D eigenvalue weighted by atomic mass is 28.4. The van der Waals surface area contributed by atoms with Crippen molar-refractivity contribution in [1.29, 1.82) is 0 Å². The van der Waals surface area contributed by atoms with E-state index in [0.29, 0.717) is 15.4 Å². The van der Waals surface area contributed by atoms with Crippen molar-refractivity contribution in [3.63, 3.8) is 0 Å². The highest BCUT2D eigenvalue weighted by Crippen LogP contribution is 2.15. The number of nitrogens with one attached hydrogen (secondary N) is 1. The molecule has 0 saturated carbocycles. The van der Waals surface area contributed by atoms with E-state index in [1.54, 1.807) is 28.4 Å². The van der Waals surface area contributed by atoms with Crippen molar-refractivity contribution < 1.29 is 17.7 Å². The lowest BCUT2D eigenvalue weighted by atomic mass is 10.2. The molecule has 0 aliphatic carbocycles. The van der Waals surface area contributed by atoms with E-state index in [1.807, 2.05) is 0 Å². The van der Waals surface area contributed by atoms with E-state index in [4.69, 9.17) is 17.7 Å². The second-order valence-corrected chi connectivity index (χ2v) is 9.21. The summed E-state index contributed by atoms with van der Waals surface area (Å²) in [5.74, 6) is 0. The van der Waals surface area contributed by atoms with Crippen molar-refractivity contribution in [1.82, 2.24) is 10.2 Å². The highest BCUT2D eigenvalue weighted by molar-refractivity contribution is 6.60. The summed E-state index contributed by atoms with van der Waals surface area (Å²) >= 11 is 0. The third kappa shape index (κ3) is 5.53. The van der Waals surface area contributed by atoms with Crippen molar-refractivity contribution in [2.45, 2.75) is 24.6 Å². The molecule has 0 aromatic heterocycles. The van der Waals surface area contributed by atoms with E-state index < -0.39 is 8.80 Å². The van der Waals surface area contributed by atoms with Crippen LogP contribution in [0.3, 0.4) is 0 Å². The number of nitrogens with zero attached hydrogens (tertiary/aromatic N) is 1. The van der Waals surface area contributed by atoms with Crippen LogP contribution in [0.25, 0.3) is 0 Å². The number of rotatable bonds is 12. The zero-order valence-corrected chi connectivity index (χ0v) is 15.1. The number of hydrogen-bond donors (Lipinski definition) is 1. The van der Waals surface area contributed by atoms with Crippen LogP contribution in [-0.4, -0.2) is 83.8 Å². The topological polar surface area (TPSA) is 52.2 Å². The fraction of sp³-hybridized carbons (Fsp3) is 1.00. The molecule has 0 amide bonds. The minimum Gasteiger partial charge on any atom is -0.419 e. The first kappa shape index (κ1) is 18.2. The Morgan fingerprint density at radius 1 is 1.15 bits per heavy atom. The van der Waals surface area contributed by atoms with Gasteiger partial charge < -0.3 is 23.0 Å². The van der Waals surface area contributed by atoms with E-state index in [0.717, 1.165) is 32.1 Å². The molecule has 1 unspecified atom stereocenters. The molecule has 20 heavy (non-hydrogen) atoms. The second kappa shape index (κ2) is 10.0. The summed E-state index contributed by atoms with van der Waals surface area (Å²) in [6.07, 6.45) is 2.28. The van der Waals surface area contributed by atoms with Gasteiger partial charge in [0, 0.05) is 53.2 Å². The van der Waals surface area contributed by atoms with Crippen molar-refractivity contribution in [2.24, 2.45) is 0 Å². The van der Waals surface area contributed by atoms with Crippen LogP contribution in [-0.2, 0) is 17.7 Å². The van der Waals surface area contributed by atoms with E-state index in [2.05, 4.69) is 10.2 Å². The van der Waals surface area contributed by atoms with Gasteiger partial charge in [-0.05, 0) is 25.9 Å². The maximum Gasteiger partial charge on any atom is 0.500 e. The molecular formula is C12H28N2O4Si2. The van der Waals surface area contributed by atoms with Crippen molar-refractivity contribution >= 4 is 18.6 Å². The first-order valence-corrected chi connectivity index (χ1v) is 10.0. The van der Waals surface area contributed by atoms with Crippen LogP contribution in [0.1, 0.15) is 12.8 Å². The Labute approximate surface area is 126 Å². The molecule has 118 valence electrons. The van der Waals surface area contributed by atoms with Gasteiger partial charge in [-0.3, -0.25) is 4.90 Å². The van der Waals surface area contributed by atoms with Gasteiger partial charge in [0.2, 0.25) is 9.76 Å². The molecule has 0 bridgehead atoms. The van der Waals surface area contributed by atoms with Crippen molar-refractivity contribution in [3.8, 4) is 0 Å². The van der Waals surface area contributed by atoms with Crippen LogP contribution in [0, 0.1) is 0 Å². The SMILES string of the molecule is CO[Si]C1CCN1CCNCCC[Si](OC)(OC)OC. The molecule has 2 radical (unpaired) electrons. The minimum atomic E-state index is -2.38. The largest absolute Gasteiger partial charge is 0.500 e. The number of likely N-dealkylation sites (tertiary alicyclic amines) is 1. The molecule has 1 heterocycles. The van der Waals surface area contributed by atoms with Crippen LogP contribution in [0.5, 0.6) is 0 Å². The Balaban J connectivity index is 2.02. The Hall–Kier alpha value is 0.194. The zero-order valence-electron chi connectivity index (χ0n) is 13.1. The van der Waals surface area contributed by atoms with E-state index in [9.17, 15) is 0 Å². The highest BCUT2D eigenvalue weighted by Gasteiger charge is 2.36. The first-order chi connectivity index (χ1) is 9.71. The minimum absolute atomic E-state index is 0.614. The van der Waals surface area contributed by atoms with Crippen molar-refractivity contribution in [3.05, 3.63) is 0 Å². The van der Waals surface area contributed by atoms with Gasteiger partial charge in [0.1, 0.15) is 0 Å². The van der Waals surface area contributed by atoms with Gasteiger partial charge >= 0.3 is 8.80 Å². The van der Waals surface area contributed by atoms with Crippen LogP contribution in [0.2, 0.25) is 6.04 Å². The van der Waals surface area contributed by atoms with Gasteiger partial charge in [-0.25, -0.2) is 0 Å². The molecule has 1 N–H and O–H groups in total. The van der Waals surface area contributed by atoms with Crippen LogP contribution in [0.15, 0.2) is 0 Å². The average molecular weight is 321 g/mol. The summed E-state index contributed by atoms with van der Waals surface area (Å²) < 4.78 is 21.4. The van der Waals surface area contributed by atoms with Crippen LogP contribution < -0.4 is 5.32 Å².